The summed E-state index contributed by atoms with van der Waals surface area (Å²) in [6.45, 7) is 4.11. The summed E-state index contributed by atoms with van der Waals surface area (Å²) < 4.78 is 0. The molecule has 1 aromatic carbocycles. The van der Waals surface area contributed by atoms with Crippen molar-refractivity contribution in [3.05, 3.63) is 34.9 Å². The number of likely N-dealkylation sites (N-methyl/N-ethyl adjacent to an activating group) is 1. The van der Waals surface area contributed by atoms with Gasteiger partial charge in [0, 0.05) is 36.8 Å². The summed E-state index contributed by atoms with van der Waals surface area (Å²) in [4.78, 5) is 2.31. The molecule has 1 heterocycles. The maximum Gasteiger partial charge on any atom is 0.0557 e. The molecule has 0 N–H and O–H groups in total. The fourth-order valence-electron chi connectivity index (χ4n) is 1.64. The van der Waals surface area contributed by atoms with Crippen LogP contribution in [0.3, 0.4) is 0 Å². The molecule has 86 valence electrons. The first-order valence-electron chi connectivity index (χ1n) is 5.48. The Morgan fingerprint density at radius 2 is 1.88 bits per heavy atom. The van der Waals surface area contributed by atoms with Crippen LogP contribution in [0.25, 0.3) is 0 Å². The average Bonchev–Trinajstić information content (AvgIpc) is 2.30. The van der Waals surface area contributed by atoms with Crippen LogP contribution in [0.2, 0.25) is 5.02 Å². The zero-order chi connectivity index (χ0) is 11.4. The Morgan fingerprint density at radius 3 is 2.56 bits per heavy atom. The van der Waals surface area contributed by atoms with Crippen molar-refractivity contribution < 1.29 is 0 Å². The molecule has 0 aliphatic carbocycles. The zero-order valence-corrected chi connectivity index (χ0v) is 10.2. The van der Waals surface area contributed by atoms with Crippen molar-refractivity contribution >= 4 is 17.8 Å². The molecule has 0 radical (unpaired) electrons. The van der Waals surface area contributed by atoms with Gasteiger partial charge in [0.2, 0.25) is 0 Å². The molecule has 1 saturated heterocycles. The smallest absolute Gasteiger partial charge is 0.0557 e. The highest BCUT2D eigenvalue weighted by Crippen LogP contribution is 2.12. The molecule has 0 aromatic heterocycles. The predicted octanol–water partition coefficient (Wildman–Crippen LogP) is 1.92. The average molecular weight is 238 g/mol. The van der Waals surface area contributed by atoms with E-state index in [4.69, 9.17) is 11.6 Å². The van der Waals surface area contributed by atoms with Gasteiger partial charge >= 0.3 is 0 Å². The van der Waals surface area contributed by atoms with Gasteiger partial charge in [-0.25, -0.2) is 0 Å². The maximum absolute atomic E-state index is 6.05. The summed E-state index contributed by atoms with van der Waals surface area (Å²) in [5.41, 5.74) is 0.975. The largest absolute Gasteiger partial charge is 0.303 e. The highest BCUT2D eigenvalue weighted by Gasteiger charge is 2.10. The second-order valence-electron chi connectivity index (χ2n) is 4.02. The topological polar surface area (TPSA) is 18.8 Å². The third-order valence-corrected chi connectivity index (χ3v) is 3.09. The van der Waals surface area contributed by atoms with Gasteiger partial charge in [0.05, 0.1) is 6.21 Å². The first kappa shape index (κ1) is 11.4. The Morgan fingerprint density at radius 1 is 1.19 bits per heavy atom. The minimum absolute atomic E-state index is 0.750. The van der Waals surface area contributed by atoms with E-state index in [0.717, 1.165) is 36.8 Å². The standard InChI is InChI=1S/C12H16ClN3/c1-15-6-8-16(9-7-15)14-10-11-4-2-3-5-12(11)13/h2-5,10H,6-9H2,1H3/b14-10+. The van der Waals surface area contributed by atoms with E-state index in [1.165, 1.54) is 0 Å². The number of halogens is 1. The highest BCUT2D eigenvalue weighted by atomic mass is 35.5. The molecule has 1 aromatic rings. The van der Waals surface area contributed by atoms with Crippen molar-refractivity contribution in [3.8, 4) is 0 Å². The fourth-order valence-corrected chi connectivity index (χ4v) is 1.82. The Hall–Kier alpha value is -1.06. The Balaban J connectivity index is 1.97. The van der Waals surface area contributed by atoms with Gasteiger partial charge in [-0.1, -0.05) is 29.8 Å². The van der Waals surface area contributed by atoms with Crippen molar-refractivity contribution in [2.24, 2.45) is 5.10 Å². The molecule has 1 aliphatic heterocycles. The molecule has 0 atom stereocenters. The van der Waals surface area contributed by atoms with Crippen molar-refractivity contribution in [2.75, 3.05) is 33.2 Å². The van der Waals surface area contributed by atoms with Crippen LogP contribution in [0.1, 0.15) is 5.56 Å². The van der Waals surface area contributed by atoms with Crippen molar-refractivity contribution in [1.82, 2.24) is 9.91 Å². The van der Waals surface area contributed by atoms with E-state index in [-0.39, 0.29) is 0 Å². The van der Waals surface area contributed by atoms with E-state index in [1.807, 2.05) is 30.5 Å². The van der Waals surface area contributed by atoms with Crippen molar-refractivity contribution in [3.63, 3.8) is 0 Å². The fraction of sp³-hybridized carbons (Fsp3) is 0.417. The minimum Gasteiger partial charge on any atom is -0.303 e. The molecular weight excluding hydrogens is 222 g/mol. The number of hydrogen-bond donors (Lipinski definition) is 0. The summed E-state index contributed by atoms with van der Waals surface area (Å²) in [7, 11) is 2.13. The zero-order valence-electron chi connectivity index (χ0n) is 9.43. The van der Waals surface area contributed by atoms with E-state index >= 15 is 0 Å². The van der Waals surface area contributed by atoms with Crippen LogP contribution in [0, 0.1) is 0 Å². The van der Waals surface area contributed by atoms with E-state index in [0.29, 0.717) is 0 Å². The Labute approximate surface area is 101 Å². The highest BCUT2D eigenvalue weighted by molar-refractivity contribution is 6.33. The molecule has 0 bridgehead atoms. The van der Waals surface area contributed by atoms with Gasteiger partial charge < -0.3 is 4.90 Å². The van der Waals surface area contributed by atoms with Crippen LogP contribution < -0.4 is 0 Å². The van der Waals surface area contributed by atoms with Crippen LogP contribution in [-0.2, 0) is 0 Å². The van der Waals surface area contributed by atoms with Gasteiger partial charge in [0.1, 0.15) is 0 Å². The van der Waals surface area contributed by atoms with Gasteiger partial charge in [-0.3, -0.25) is 5.01 Å². The third-order valence-electron chi connectivity index (χ3n) is 2.75. The van der Waals surface area contributed by atoms with Gasteiger partial charge in [-0.05, 0) is 13.1 Å². The summed E-state index contributed by atoms with van der Waals surface area (Å²) in [6, 6.07) is 7.75. The summed E-state index contributed by atoms with van der Waals surface area (Å²) in [5, 5.41) is 7.28. The second kappa shape index (κ2) is 5.32. The Bertz CT molecular complexity index is 370. The van der Waals surface area contributed by atoms with Crippen LogP contribution in [0.5, 0.6) is 0 Å². The number of piperazine rings is 1. The molecule has 0 spiro atoms. The van der Waals surface area contributed by atoms with Gasteiger partial charge in [-0.2, -0.15) is 5.10 Å². The lowest BCUT2D eigenvalue weighted by Crippen LogP contribution is -2.41. The second-order valence-corrected chi connectivity index (χ2v) is 4.43. The predicted molar refractivity (Wildman–Crippen MR) is 68.1 cm³/mol. The van der Waals surface area contributed by atoms with Crippen LogP contribution in [0.4, 0.5) is 0 Å². The van der Waals surface area contributed by atoms with Crippen molar-refractivity contribution in [1.29, 1.82) is 0 Å². The maximum atomic E-state index is 6.05. The lowest BCUT2D eigenvalue weighted by molar-refractivity contribution is 0.159. The lowest BCUT2D eigenvalue weighted by Gasteiger charge is -2.30. The molecular formula is C12H16ClN3. The number of hydrazone groups is 1. The molecule has 1 aliphatic rings. The van der Waals surface area contributed by atoms with Crippen molar-refractivity contribution in [2.45, 2.75) is 0 Å². The van der Waals surface area contributed by atoms with Gasteiger partial charge in [-0.15, -0.1) is 0 Å². The number of hydrogen-bond acceptors (Lipinski definition) is 3. The van der Waals surface area contributed by atoms with E-state index < -0.39 is 0 Å². The summed E-state index contributed by atoms with van der Waals surface area (Å²) in [5.74, 6) is 0. The van der Waals surface area contributed by atoms with E-state index in [9.17, 15) is 0 Å². The lowest BCUT2D eigenvalue weighted by atomic mass is 10.2. The van der Waals surface area contributed by atoms with E-state index in [2.05, 4.69) is 22.1 Å². The number of nitrogens with zero attached hydrogens (tertiary/aromatic N) is 3. The normalized spacial score (nSPS) is 18.2. The van der Waals surface area contributed by atoms with Crippen LogP contribution >= 0.6 is 11.6 Å². The minimum atomic E-state index is 0.750. The first-order chi connectivity index (χ1) is 7.75. The molecule has 4 heteroatoms. The molecule has 0 unspecified atom stereocenters. The van der Waals surface area contributed by atoms with Gasteiger partial charge in [0.15, 0.2) is 0 Å². The SMILES string of the molecule is CN1CCN(/N=C/c2ccccc2Cl)CC1. The monoisotopic (exact) mass is 237 g/mol. The number of rotatable bonds is 2. The number of benzene rings is 1. The molecule has 1 fully saturated rings. The first-order valence-corrected chi connectivity index (χ1v) is 5.85. The molecule has 16 heavy (non-hydrogen) atoms. The quantitative estimate of drug-likeness (QED) is 0.732. The summed E-state index contributed by atoms with van der Waals surface area (Å²) in [6.07, 6.45) is 1.84. The molecule has 3 nitrogen and oxygen atoms in total. The van der Waals surface area contributed by atoms with Crippen LogP contribution in [-0.4, -0.2) is 49.4 Å². The molecule has 0 saturated carbocycles. The van der Waals surface area contributed by atoms with Crippen LogP contribution in [0.15, 0.2) is 29.4 Å². The third kappa shape index (κ3) is 2.97. The van der Waals surface area contributed by atoms with E-state index in [1.54, 1.807) is 0 Å². The Kier molecular flexibility index (Phi) is 3.80. The molecule has 0 amide bonds. The van der Waals surface area contributed by atoms with Gasteiger partial charge in [0.25, 0.3) is 0 Å². The molecule has 2 rings (SSSR count). The summed E-state index contributed by atoms with van der Waals surface area (Å²) >= 11 is 6.05.